The zero-order chi connectivity index (χ0) is 10.7. The van der Waals surface area contributed by atoms with Gasteiger partial charge in [0.25, 0.3) is 0 Å². The van der Waals surface area contributed by atoms with Gasteiger partial charge in [-0.1, -0.05) is 13.3 Å². The molecule has 1 aromatic rings. The van der Waals surface area contributed by atoms with Gasteiger partial charge >= 0.3 is 6.01 Å². The molecule has 0 aromatic carbocycles. The van der Waals surface area contributed by atoms with Gasteiger partial charge in [-0.25, -0.2) is 9.97 Å². The number of hydrogen-bond acceptors (Lipinski definition) is 3. The molecule has 3 nitrogen and oxygen atoms in total. The first-order chi connectivity index (χ1) is 7.24. The molecule has 1 aliphatic carbocycles. The van der Waals surface area contributed by atoms with Crippen LogP contribution in [-0.4, -0.2) is 16.1 Å². The monoisotopic (exact) mass is 270 g/mol. The van der Waals surface area contributed by atoms with Crippen LogP contribution in [-0.2, 0) is 0 Å². The molecule has 1 aromatic heterocycles. The minimum absolute atomic E-state index is 0.301. The van der Waals surface area contributed by atoms with Crippen molar-refractivity contribution in [2.24, 2.45) is 5.92 Å². The van der Waals surface area contributed by atoms with Crippen LogP contribution in [0.25, 0.3) is 0 Å². The first-order valence-electron chi connectivity index (χ1n) is 5.38. The predicted molar refractivity (Wildman–Crippen MR) is 61.8 cm³/mol. The second kappa shape index (κ2) is 4.92. The SMILES string of the molecule is CC1CCCC(Oc2ncc(Br)cn2)C1. The van der Waals surface area contributed by atoms with Gasteiger partial charge in [-0.2, -0.15) is 0 Å². The Kier molecular flexibility index (Phi) is 3.57. The van der Waals surface area contributed by atoms with E-state index >= 15 is 0 Å². The van der Waals surface area contributed by atoms with E-state index in [-0.39, 0.29) is 0 Å². The number of nitrogens with zero attached hydrogens (tertiary/aromatic N) is 2. The van der Waals surface area contributed by atoms with Crippen LogP contribution in [0.5, 0.6) is 6.01 Å². The zero-order valence-corrected chi connectivity index (χ0v) is 10.4. The van der Waals surface area contributed by atoms with Crippen molar-refractivity contribution in [3.8, 4) is 6.01 Å². The van der Waals surface area contributed by atoms with E-state index in [0.717, 1.165) is 23.2 Å². The Balaban J connectivity index is 1.93. The lowest BCUT2D eigenvalue weighted by atomic mass is 9.89. The van der Waals surface area contributed by atoms with Crippen molar-refractivity contribution in [2.45, 2.75) is 38.7 Å². The average Bonchev–Trinajstić information content (AvgIpc) is 2.22. The van der Waals surface area contributed by atoms with E-state index in [1.54, 1.807) is 12.4 Å². The summed E-state index contributed by atoms with van der Waals surface area (Å²) in [5.74, 6) is 0.763. The molecule has 0 spiro atoms. The highest BCUT2D eigenvalue weighted by molar-refractivity contribution is 9.10. The van der Waals surface area contributed by atoms with Crippen LogP contribution in [0, 0.1) is 5.92 Å². The largest absolute Gasteiger partial charge is 0.460 e. The predicted octanol–water partition coefficient (Wildman–Crippen LogP) is 3.20. The van der Waals surface area contributed by atoms with E-state index < -0.39 is 0 Å². The minimum atomic E-state index is 0.301. The van der Waals surface area contributed by atoms with Crippen LogP contribution < -0.4 is 4.74 Å². The number of halogens is 1. The summed E-state index contributed by atoms with van der Waals surface area (Å²) in [5, 5.41) is 0. The Bertz CT molecular complexity index is 315. The molecule has 15 heavy (non-hydrogen) atoms. The first kappa shape index (κ1) is 10.9. The number of aromatic nitrogens is 2. The van der Waals surface area contributed by atoms with E-state index in [9.17, 15) is 0 Å². The molecule has 1 heterocycles. The normalized spacial score (nSPS) is 26.3. The van der Waals surface area contributed by atoms with Crippen LogP contribution in [0.2, 0.25) is 0 Å². The third kappa shape index (κ3) is 3.16. The van der Waals surface area contributed by atoms with Gasteiger partial charge < -0.3 is 4.74 Å². The van der Waals surface area contributed by atoms with Crippen molar-refractivity contribution in [3.63, 3.8) is 0 Å². The van der Waals surface area contributed by atoms with Gasteiger partial charge in [0.05, 0.1) is 4.47 Å². The van der Waals surface area contributed by atoms with Crippen LogP contribution in [0.15, 0.2) is 16.9 Å². The lowest BCUT2D eigenvalue weighted by molar-refractivity contribution is 0.118. The van der Waals surface area contributed by atoms with Crippen molar-refractivity contribution < 1.29 is 4.74 Å². The smallest absolute Gasteiger partial charge is 0.316 e. The van der Waals surface area contributed by atoms with Gasteiger partial charge in [0.1, 0.15) is 6.10 Å². The van der Waals surface area contributed by atoms with E-state index in [2.05, 4.69) is 32.8 Å². The van der Waals surface area contributed by atoms with Crippen molar-refractivity contribution in [3.05, 3.63) is 16.9 Å². The maximum atomic E-state index is 5.74. The molecule has 2 rings (SSSR count). The molecule has 0 bridgehead atoms. The summed E-state index contributed by atoms with van der Waals surface area (Å²) in [5.41, 5.74) is 0. The number of rotatable bonds is 2. The Morgan fingerprint density at radius 1 is 1.33 bits per heavy atom. The van der Waals surface area contributed by atoms with Crippen LogP contribution in [0.1, 0.15) is 32.6 Å². The summed E-state index contributed by atoms with van der Waals surface area (Å²) < 4.78 is 6.62. The van der Waals surface area contributed by atoms with E-state index in [1.165, 1.54) is 12.8 Å². The molecule has 0 amide bonds. The highest BCUT2D eigenvalue weighted by Gasteiger charge is 2.20. The topological polar surface area (TPSA) is 35.0 Å². The third-order valence-electron chi connectivity index (χ3n) is 2.76. The molecule has 2 atom stereocenters. The average molecular weight is 271 g/mol. The van der Waals surface area contributed by atoms with Gasteiger partial charge in [-0.15, -0.1) is 0 Å². The lowest BCUT2D eigenvalue weighted by Gasteiger charge is -2.26. The maximum absolute atomic E-state index is 5.74. The van der Waals surface area contributed by atoms with Gasteiger partial charge in [-0.3, -0.25) is 0 Å². The summed E-state index contributed by atoms with van der Waals surface area (Å²) in [6.07, 6.45) is 8.56. The molecule has 0 saturated heterocycles. The molecule has 82 valence electrons. The standard InChI is InChI=1S/C11H15BrN2O/c1-8-3-2-4-10(5-8)15-11-13-6-9(12)7-14-11/h6-8,10H,2-5H2,1H3. The molecular weight excluding hydrogens is 256 g/mol. The van der Waals surface area contributed by atoms with Crippen molar-refractivity contribution in [1.82, 2.24) is 9.97 Å². The van der Waals surface area contributed by atoms with E-state index in [1.807, 2.05) is 0 Å². The minimum Gasteiger partial charge on any atom is -0.460 e. The molecule has 1 aliphatic rings. The van der Waals surface area contributed by atoms with E-state index in [0.29, 0.717) is 12.1 Å². The fraction of sp³-hybridized carbons (Fsp3) is 0.636. The third-order valence-corrected chi connectivity index (χ3v) is 3.17. The van der Waals surface area contributed by atoms with E-state index in [4.69, 9.17) is 4.74 Å². The summed E-state index contributed by atoms with van der Waals surface area (Å²) in [6.45, 7) is 2.28. The molecular formula is C11H15BrN2O. The Labute approximate surface area is 98.4 Å². The molecule has 2 unspecified atom stereocenters. The zero-order valence-electron chi connectivity index (χ0n) is 8.82. The second-order valence-electron chi connectivity index (χ2n) is 4.20. The maximum Gasteiger partial charge on any atom is 0.316 e. The highest BCUT2D eigenvalue weighted by atomic mass is 79.9. The molecule has 4 heteroatoms. The van der Waals surface area contributed by atoms with Crippen molar-refractivity contribution in [2.75, 3.05) is 0 Å². The summed E-state index contributed by atoms with van der Waals surface area (Å²) in [4.78, 5) is 8.23. The van der Waals surface area contributed by atoms with Crippen molar-refractivity contribution >= 4 is 15.9 Å². The van der Waals surface area contributed by atoms with Gasteiger partial charge in [0.2, 0.25) is 0 Å². The Morgan fingerprint density at radius 3 is 2.73 bits per heavy atom. The van der Waals surface area contributed by atoms with Crippen molar-refractivity contribution in [1.29, 1.82) is 0 Å². The number of hydrogen-bond donors (Lipinski definition) is 0. The fourth-order valence-corrected chi connectivity index (χ4v) is 2.20. The molecule has 1 fully saturated rings. The summed E-state index contributed by atoms with van der Waals surface area (Å²) >= 11 is 3.30. The lowest BCUT2D eigenvalue weighted by Crippen LogP contribution is -2.24. The summed E-state index contributed by atoms with van der Waals surface area (Å²) in [6, 6.07) is 0.498. The quantitative estimate of drug-likeness (QED) is 0.828. The van der Waals surface area contributed by atoms with Gasteiger partial charge in [-0.05, 0) is 41.1 Å². The Hall–Kier alpha value is -0.640. The fourth-order valence-electron chi connectivity index (χ4n) is 2.00. The Morgan fingerprint density at radius 2 is 2.07 bits per heavy atom. The number of ether oxygens (including phenoxy) is 1. The van der Waals surface area contributed by atoms with Crippen LogP contribution in [0.4, 0.5) is 0 Å². The molecule has 1 saturated carbocycles. The second-order valence-corrected chi connectivity index (χ2v) is 5.11. The summed E-state index contributed by atoms with van der Waals surface area (Å²) in [7, 11) is 0. The van der Waals surface area contributed by atoms with Crippen LogP contribution >= 0.6 is 15.9 Å². The molecule has 0 radical (unpaired) electrons. The van der Waals surface area contributed by atoms with Gasteiger partial charge in [0.15, 0.2) is 0 Å². The molecule has 0 aliphatic heterocycles. The van der Waals surface area contributed by atoms with Gasteiger partial charge in [0, 0.05) is 12.4 Å². The molecule has 0 N–H and O–H groups in total. The highest BCUT2D eigenvalue weighted by Crippen LogP contribution is 2.26. The first-order valence-corrected chi connectivity index (χ1v) is 6.17. The van der Waals surface area contributed by atoms with Crippen LogP contribution in [0.3, 0.4) is 0 Å².